The molecule has 158 valence electrons. The first-order chi connectivity index (χ1) is 15.0. The Labute approximate surface area is 182 Å². The third-order valence-corrected chi connectivity index (χ3v) is 8.12. The molecule has 5 rings (SSSR count). The summed E-state index contributed by atoms with van der Waals surface area (Å²) in [6.07, 6.45) is 1.21. The molecule has 1 aliphatic heterocycles. The van der Waals surface area contributed by atoms with E-state index < -0.39 is 16.1 Å². The largest absolute Gasteiger partial charge is 0.325 e. The summed E-state index contributed by atoms with van der Waals surface area (Å²) in [6.45, 7) is 1.84. The number of benzene rings is 3. The van der Waals surface area contributed by atoms with Gasteiger partial charge in [-0.2, -0.15) is 4.31 Å². The standard InChI is InChI=1S/C25H24N2O3S/c1-2-31(29,30)27-16-19-9-4-3-7-17(19)15-24(27)25(28)26-21-11-12-23-20(14-21)13-18-8-5-6-10-22(18)23/h3-12,14,24H,2,13,15-16H2,1H3,(H,26,28)/t24-/m1/s1. The van der Waals surface area contributed by atoms with Gasteiger partial charge in [-0.1, -0.05) is 54.6 Å². The van der Waals surface area contributed by atoms with Gasteiger partial charge in [0.25, 0.3) is 0 Å². The summed E-state index contributed by atoms with van der Waals surface area (Å²) >= 11 is 0. The Hall–Kier alpha value is -2.96. The zero-order chi connectivity index (χ0) is 21.6. The average Bonchev–Trinajstić information content (AvgIpc) is 3.16. The Balaban J connectivity index is 1.42. The van der Waals surface area contributed by atoms with Gasteiger partial charge >= 0.3 is 0 Å². The molecule has 1 heterocycles. The van der Waals surface area contributed by atoms with Crippen molar-refractivity contribution < 1.29 is 13.2 Å². The summed E-state index contributed by atoms with van der Waals surface area (Å²) in [5, 5.41) is 2.98. The molecule has 3 aromatic rings. The highest BCUT2D eigenvalue weighted by Gasteiger charge is 2.38. The molecule has 1 aliphatic carbocycles. The zero-order valence-electron chi connectivity index (χ0n) is 17.3. The summed E-state index contributed by atoms with van der Waals surface area (Å²) in [6, 6.07) is 21.2. The number of carbonyl (C=O) groups excluding carboxylic acids is 1. The average molecular weight is 433 g/mol. The summed E-state index contributed by atoms with van der Waals surface area (Å²) in [5.41, 5.74) is 7.56. The predicted octanol–water partition coefficient (Wildman–Crippen LogP) is 3.97. The van der Waals surface area contributed by atoms with Gasteiger partial charge in [0.1, 0.15) is 6.04 Å². The molecule has 0 saturated heterocycles. The van der Waals surface area contributed by atoms with Gasteiger partial charge in [-0.15, -0.1) is 0 Å². The number of fused-ring (bicyclic) bond motifs is 4. The van der Waals surface area contributed by atoms with Crippen molar-refractivity contribution in [2.45, 2.75) is 32.4 Å². The van der Waals surface area contributed by atoms with Crippen LogP contribution in [0.1, 0.15) is 29.2 Å². The fraction of sp³-hybridized carbons (Fsp3) is 0.240. The lowest BCUT2D eigenvalue weighted by molar-refractivity contribution is -0.120. The van der Waals surface area contributed by atoms with Crippen LogP contribution < -0.4 is 5.32 Å². The lowest BCUT2D eigenvalue weighted by Crippen LogP contribution is -2.51. The minimum atomic E-state index is -3.52. The molecule has 6 heteroatoms. The summed E-state index contributed by atoms with van der Waals surface area (Å²) in [5.74, 6) is -0.322. The fourth-order valence-corrected chi connectivity index (χ4v) is 5.85. The van der Waals surface area contributed by atoms with Crippen molar-refractivity contribution in [3.8, 4) is 11.1 Å². The monoisotopic (exact) mass is 432 g/mol. The van der Waals surface area contributed by atoms with Crippen molar-refractivity contribution in [2.75, 3.05) is 11.1 Å². The lowest BCUT2D eigenvalue weighted by Gasteiger charge is -2.34. The SMILES string of the molecule is CCS(=O)(=O)N1Cc2ccccc2C[C@@H]1C(=O)Nc1ccc2c(c1)Cc1ccccc1-2. The first kappa shape index (κ1) is 20.0. The Morgan fingerprint density at radius 1 is 0.935 bits per heavy atom. The third kappa shape index (κ3) is 3.56. The van der Waals surface area contributed by atoms with E-state index in [4.69, 9.17) is 0 Å². The molecule has 0 bridgehead atoms. The van der Waals surface area contributed by atoms with Crippen molar-refractivity contribution in [3.05, 3.63) is 89.0 Å². The molecule has 0 spiro atoms. The van der Waals surface area contributed by atoms with Gasteiger partial charge < -0.3 is 5.32 Å². The van der Waals surface area contributed by atoms with Crippen LogP contribution >= 0.6 is 0 Å². The molecule has 0 fully saturated rings. The smallest absolute Gasteiger partial charge is 0.243 e. The molecule has 0 radical (unpaired) electrons. The van der Waals surface area contributed by atoms with Gasteiger partial charge in [0, 0.05) is 12.2 Å². The molecule has 0 unspecified atom stereocenters. The number of amides is 1. The second-order valence-corrected chi connectivity index (χ2v) is 10.3. The van der Waals surface area contributed by atoms with Crippen molar-refractivity contribution in [1.29, 1.82) is 0 Å². The maximum absolute atomic E-state index is 13.3. The normalized spacial score (nSPS) is 17.5. The topological polar surface area (TPSA) is 66.5 Å². The molecule has 3 aromatic carbocycles. The maximum atomic E-state index is 13.3. The minimum Gasteiger partial charge on any atom is -0.325 e. The molecule has 0 aromatic heterocycles. The summed E-state index contributed by atoms with van der Waals surface area (Å²) in [4.78, 5) is 13.3. The molecule has 1 N–H and O–H groups in total. The minimum absolute atomic E-state index is 0.0317. The predicted molar refractivity (Wildman–Crippen MR) is 122 cm³/mol. The second kappa shape index (κ2) is 7.62. The second-order valence-electron chi connectivity index (χ2n) is 8.13. The van der Waals surface area contributed by atoms with Gasteiger partial charge in [0.15, 0.2) is 0 Å². The van der Waals surface area contributed by atoms with Crippen LogP contribution in [-0.2, 0) is 34.2 Å². The molecule has 31 heavy (non-hydrogen) atoms. The molecule has 0 saturated carbocycles. The number of sulfonamides is 1. The van der Waals surface area contributed by atoms with E-state index in [-0.39, 0.29) is 18.2 Å². The number of nitrogens with one attached hydrogen (secondary N) is 1. The van der Waals surface area contributed by atoms with Crippen LogP contribution in [0, 0.1) is 0 Å². The number of hydrogen-bond acceptors (Lipinski definition) is 3. The molecule has 2 aliphatic rings. The van der Waals surface area contributed by atoms with E-state index in [0.717, 1.165) is 17.5 Å². The number of nitrogens with zero attached hydrogens (tertiary/aromatic N) is 1. The van der Waals surface area contributed by atoms with Gasteiger partial charge in [0.2, 0.25) is 15.9 Å². The van der Waals surface area contributed by atoms with Crippen LogP contribution in [0.5, 0.6) is 0 Å². The number of anilines is 1. The Bertz CT molecular complexity index is 1280. The third-order valence-electron chi connectivity index (χ3n) is 6.29. The fourth-order valence-electron chi connectivity index (χ4n) is 4.63. The van der Waals surface area contributed by atoms with Crippen LogP contribution in [0.2, 0.25) is 0 Å². The van der Waals surface area contributed by atoms with Crippen LogP contribution in [-0.4, -0.2) is 30.4 Å². The van der Waals surface area contributed by atoms with Crippen molar-refractivity contribution in [1.82, 2.24) is 4.31 Å². The van der Waals surface area contributed by atoms with Crippen molar-refractivity contribution in [3.63, 3.8) is 0 Å². The van der Waals surface area contributed by atoms with E-state index in [1.807, 2.05) is 54.6 Å². The van der Waals surface area contributed by atoms with E-state index in [9.17, 15) is 13.2 Å². The number of carbonyl (C=O) groups is 1. The van der Waals surface area contributed by atoms with E-state index >= 15 is 0 Å². The van der Waals surface area contributed by atoms with Crippen molar-refractivity contribution >= 4 is 21.6 Å². The highest BCUT2D eigenvalue weighted by Crippen LogP contribution is 2.37. The van der Waals surface area contributed by atoms with Gasteiger partial charge in [0.05, 0.1) is 5.75 Å². The van der Waals surface area contributed by atoms with Crippen molar-refractivity contribution in [2.24, 2.45) is 0 Å². The maximum Gasteiger partial charge on any atom is 0.243 e. The number of hydrogen-bond donors (Lipinski definition) is 1. The Morgan fingerprint density at radius 2 is 1.61 bits per heavy atom. The molecule has 5 nitrogen and oxygen atoms in total. The molecular weight excluding hydrogens is 408 g/mol. The van der Waals surface area contributed by atoms with E-state index in [1.165, 1.54) is 26.6 Å². The van der Waals surface area contributed by atoms with Crippen LogP contribution in [0.3, 0.4) is 0 Å². The van der Waals surface area contributed by atoms with Crippen LogP contribution in [0.4, 0.5) is 5.69 Å². The van der Waals surface area contributed by atoms with E-state index in [2.05, 4.69) is 17.4 Å². The molecule has 1 amide bonds. The lowest BCUT2D eigenvalue weighted by atomic mass is 9.95. The first-order valence-electron chi connectivity index (χ1n) is 10.5. The first-order valence-corrected chi connectivity index (χ1v) is 12.2. The van der Waals surface area contributed by atoms with E-state index in [0.29, 0.717) is 12.1 Å². The Kier molecular flexibility index (Phi) is 4.91. The molecular formula is C25H24N2O3S. The van der Waals surface area contributed by atoms with Gasteiger partial charge in [-0.3, -0.25) is 4.79 Å². The van der Waals surface area contributed by atoms with Crippen LogP contribution in [0.15, 0.2) is 66.7 Å². The van der Waals surface area contributed by atoms with Gasteiger partial charge in [-0.25, -0.2) is 8.42 Å². The van der Waals surface area contributed by atoms with E-state index in [1.54, 1.807) is 6.92 Å². The summed E-state index contributed by atoms with van der Waals surface area (Å²) in [7, 11) is -3.52. The summed E-state index contributed by atoms with van der Waals surface area (Å²) < 4.78 is 26.9. The zero-order valence-corrected chi connectivity index (χ0v) is 18.2. The molecule has 1 atom stereocenters. The Morgan fingerprint density at radius 3 is 2.39 bits per heavy atom. The highest BCUT2D eigenvalue weighted by molar-refractivity contribution is 7.89. The number of rotatable bonds is 4. The quantitative estimate of drug-likeness (QED) is 0.531. The van der Waals surface area contributed by atoms with Crippen LogP contribution in [0.25, 0.3) is 11.1 Å². The van der Waals surface area contributed by atoms with Gasteiger partial charge in [-0.05, 0) is 65.3 Å². The highest BCUT2D eigenvalue weighted by atomic mass is 32.2.